The predicted octanol–water partition coefficient (Wildman–Crippen LogP) is 2.10. The molecule has 0 amide bonds. The Morgan fingerprint density at radius 1 is 1.29 bits per heavy atom. The molecule has 0 aliphatic rings. The summed E-state index contributed by atoms with van der Waals surface area (Å²) in [4.78, 5) is 0. The molecule has 0 spiro atoms. The van der Waals surface area contributed by atoms with Crippen molar-refractivity contribution in [1.29, 1.82) is 0 Å². The summed E-state index contributed by atoms with van der Waals surface area (Å²) in [5.41, 5.74) is 9.67. The summed E-state index contributed by atoms with van der Waals surface area (Å²) < 4.78 is 39.2. The zero-order valence-corrected chi connectivity index (χ0v) is 7.65. The van der Waals surface area contributed by atoms with Crippen molar-refractivity contribution < 1.29 is 13.2 Å². The van der Waals surface area contributed by atoms with E-state index in [2.05, 4.69) is 0 Å². The third kappa shape index (κ3) is 1.68. The second kappa shape index (κ2) is 3.88. The first-order chi connectivity index (χ1) is 6.49. The van der Waals surface area contributed by atoms with Gasteiger partial charge in [-0.3, -0.25) is 0 Å². The summed E-state index contributed by atoms with van der Waals surface area (Å²) >= 11 is 0. The van der Waals surface area contributed by atoms with Crippen molar-refractivity contribution in [2.75, 3.05) is 5.73 Å². The van der Waals surface area contributed by atoms with E-state index >= 15 is 0 Å². The van der Waals surface area contributed by atoms with Gasteiger partial charge < -0.3 is 11.5 Å². The molecule has 0 bridgehead atoms. The first-order valence-corrected chi connectivity index (χ1v) is 4.17. The quantitative estimate of drug-likeness (QED) is 0.572. The molecular formula is C9H11F3N2. The molecule has 0 fully saturated rings. The van der Waals surface area contributed by atoms with Crippen LogP contribution in [0.25, 0.3) is 0 Å². The van der Waals surface area contributed by atoms with Crippen molar-refractivity contribution in [2.45, 2.75) is 19.4 Å². The molecule has 0 radical (unpaired) electrons. The zero-order valence-electron chi connectivity index (χ0n) is 7.65. The van der Waals surface area contributed by atoms with Crippen LogP contribution in [-0.4, -0.2) is 0 Å². The van der Waals surface area contributed by atoms with Crippen LogP contribution in [-0.2, 0) is 0 Å². The number of anilines is 1. The van der Waals surface area contributed by atoms with Crippen molar-refractivity contribution in [2.24, 2.45) is 5.73 Å². The molecule has 0 saturated heterocycles. The Labute approximate surface area is 79.7 Å². The Morgan fingerprint density at radius 3 is 2.36 bits per heavy atom. The number of hydrogen-bond acceptors (Lipinski definition) is 2. The van der Waals surface area contributed by atoms with Crippen LogP contribution in [0.5, 0.6) is 0 Å². The number of halogens is 3. The molecule has 0 aliphatic carbocycles. The molecule has 2 nitrogen and oxygen atoms in total. The van der Waals surface area contributed by atoms with Crippen LogP contribution < -0.4 is 11.5 Å². The van der Waals surface area contributed by atoms with Gasteiger partial charge >= 0.3 is 0 Å². The lowest BCUT2D eigenvalue weighted by Crippen LogP contribution is -2.15. The standard InChI is InChI=1S/C9H11F3N2/c1-2-5(13)7-8(11)4(10)3-6(14)9(7)12/h3,5H,2,13-14H2,1H3/t5-/m1/s1. The van der Waals surface area contributed by atoms with Crippen LogP contribution >= 0.6 is 0 Å². The lowest BCUT2D eigenvalue weighted by Gasteiger charge is -2.13. The zero-order chi connectivity index (χ0) is 10.9. The molecule has 1 rings (SSSR count). The van der Waals surface area contributed by atoms with Gasteiger partial charge in [-0.15, -0.1) is 0 Å². The van der Waals surface area contributed by atoms with E-state index < -0.39 is 34.7 Å². The average molecular weight is 204 g/mol. The fourth-order valence-corrected chi connectivity index (χ4v) is 1.17. The van der Waals surface area contributed by atoms with Gasteiger partial charge in [0.1, 0.15) is 0 Å². The van der Waals surface area contributed by atoms with E-state index in [9.17, 15) is 13.2 Å². The maximum absolute atomic E-state index is 13.3. The SMILES string of the molecule is CC[C@@H](N)c1c(F)c(N)cc(F)c1F. The van der Waals surface area contributed by atoms with Crippen molar-refractivity contribution in [1.82, 2.24) is 0 Å². The molecule has 1 aromatic rings. The normalized spacial score (nSPS) is 12.9. The topological polar surface area (TPSA) is 52.0 Å². The Morgan fingerprint density at radius 2 is 1.86 bits per heavy atom. The smallest absolute Gasteiger partial charge is 0.166 e. The van der Waals surface area contributed by atoms with Gasteiger partial charge in [0.2, 0.25) is 0 Å². The highest BCUT2D eigenvalue weighted by atomic mass is 19.2. The summed E-state index contributed by atoms with van der Waals surface area (Å²) in [7, 11) is 0. The van der Waals surface area contributed by atoms with Gasteiger partial charge in [-0.1, -0.05) is 6.92 Å². The maximum Gasteiger partial charge on any atom is 0.166 e. The number of benzene rings is 1. The summed E-state index contributed by atoms with van der Waals surface area (Å²) in [6.45, 7) is 1.64. The van der Waals surface area contributed by atoms with E-state index in [4.69, 9.17) is 11.5 Å². The van der Waals surface area contributed by atoms with E-state index in [1.807, 2.05) is 0 Å². The van der Waals surface area contributed by atoms with E-state index in [0.29, 0.717) is 12.5 Å². The van der Waals surface area contributed by atoms with Crippen molar-refractivity contribution in [3.63, 3.8) is 0 Å². The molecule has 78 valence electrons. The number of nitrogens with two attached hydrogens (primary N) is 2. The fourth-order valence-electron chi connectivity index (χ4n) is 1.17. The molecule has 0 aliphatic heterocycles. The second-order valence-electron chi connectivity index (χ2n) is 3.00. The molecule has 1 aromatic carbocycles. The third-order valence-electron chi connectivity index (χ3n) is 2.03. The second-order valence-corrected chi connectivity index (χ2v) is 3.00. The van der Waals surface area contributed by atoms with Gasteiger partial charge in [-0.05, 0) is 6.42 Å². The molecule has 0 saturated carbocycles. The molecule has 4 N–H and O–H groups in total. The van der Waals surface area contributed by atoms with Gasteiger partial charge in [0, 0.05) is 17.7 Å². The lowest BCUT2D eigenvalue weighted by molar-refractivity contribution is 0.464. The monoisotopic (exact) mass is 204 g/mol. The van der Waals surface area contributed by atoms with Crippen molar-refractivity contribution in [3.8, 4) is 0 Å². The van der Waals surface area contributed by atoms with E-state index in [-0.39, 0.29) is 0 Å². The van der Waals surface area contributed by atoms with Crippen LogP contribution in [0.1, 0.15) is 24.9 Å². The average Bonchev–Trinajstić information content (AvgIpc) is 2.15. The van der Waals surface area contributed by atoms with Gasteiger partial charge in [0.15, 0.2) is 17.5 Å². The van der Waals surface area contributed by atoms with Gasteiger partial charge in [0.05, 0.1) is 5.69 Å². The number of hydrogen-bond donors (Lipinski definition) is 2. The predicted molar refractivity (Wildman–Crippen MR) is 47.9 cm³/mol. The highest BCUT2D eigenvalue weighted by molar-refractivity contribution is 5.45. The Kier molecular flexibility index (Phi) is 3.00. The summed E-state index contributed by atoms with van der Waals surface area (Å²) in [6.07, 6.45) is 0.302. The molecule has 0 unspecified atom stereocenters. The molecule has 1 atom stereocenters. The first kappa shape index (κ1) is 10.8. The minimum absolute atomic E-state index is 0.302. The molecular weight excluding hydrogens is 193 g/mol. The van der Waals surface area contributed by atoms with Crippen LogP contribution in [0.2, 0.25) is 0 Å². The van der Waals surface area contributed by atoms with Gasteiger partial charge in [0.25, 0.3) is 0 Å². The van der Waals surface area contributed by atoms with Gasteiger partial charge in [-0.2, -0.15) is 0 Å². The largest absolute Gasteiger partial charge is 0.396 e. The highest BCUT2D eigenvalue weighted by Gasteiger charge is 2.21. The molecule has 5 heteroatoms. The Balaban J connectivity index is 3.39. The fraction of sp³-hybridized carbons (Fsp3) is 0.333. The third-order valence-corrected chi connectivity index (χ3v) is 2.03. The minimum atomic E-state index is -1.26. The summed E-state index contributed by atoms with van der Waals surface area (Å²) in [6, 6.07) is -0.274. The summed E-state index contributed by atoms with van der Waals surface area (Å²) in [5.74, 6) is -3.41. The van der Waals surface area contributed by atoms with E-state index in [0.717, 1.165) is 0 Å². The summed E-state index contributed by atoms with van der Waals surface area (Å²) in [5, 5.41) is 0. The molecule has 14 heavy (non-hydrogen) atoms. The van der Waals surface area contributed by atoms with Crippen molar-refractivity contribution >= 4 is 5.69 Å². The van der Waals surface area contributed by atoms with Crippen LogP contribution in [0.3, 0.4) is 0 Å². The van der Waals surface area contributed by atoms with Crippen LogP contribution in [0, 0.1) is 17.5 Å². The molecule has 0 aromatic heterocycles. The Hall–Kier alpha value is -1.23. The van der Waals surface area contributed by atoms with Gasteiger partial charge in [-0.25, -0.2) is 13.2 Å². The van der Waals surface area contributed by atoms with E-state index in [1.165, 1.54) is 0 Å². The minimum Gasteiger partial charge on any atom is -0.396 e. The first-order valence-electron chi connectivity index (χ1n) is 4.17. The highest BCUT2D eigenvalue weighted by Crippen LogP contribution is 2.27. The molecule has 0 heterocycles. The Bertz CT molecular complexity index is 326. The number of rotatable bonds is 2. The van der Waals surface area contributed by atoms with Crippen LogP contribution in [0.4, 0.5) is 18.9 Å². The number of nitrogen functional groups attached to an aromatic ring is 1. The van der Waals surface area contributed by atoms with Crippen LogP contribution in [0.15, 0.2) is 6.07 Å². The van der Waals surface area contributed by atoms with Crippen molar-refractivity contribution in [3.05, 3.63) is 29.1 Å². The lowest BCUT2D eigenvalue weighted by atomic mass is 10.0. The maximum atomic E-state index is 13.3. The van der Waals surface area contributed by atoms with E-state index in [1.54, 1.807) is 6.92 Å².